The average molecular weight is 504 g/mol. The highest BCUT2D eigenvalue weighted by molar-refractivity contribution is 7.99. The zero-order valence-corrected chi connectivity index (χ0v) is 22.2. The molecule has 0 bridgehead atoms. The van der Waals surface area contributed by atoms with Crippen molar-refractivity contribution in [2.75, 3.05) is 56.2 Å². The molecular formula is C30H37N3O2S. The first-order valence-electron chi connectivity index (χ1n) is 13.6. The molecule has 3 aromatic rings. The van der Waals surface area contributed by atoms with E-state index in [2.05, 4.69) is 62.5 Å². The van der Waals surface area contributed by atoms with E-state index in [1.54, 1.807) is 0 Å². The van der Waals surface area contributed by atoms with Crippen LogP contribution in [-0.4, -0.2) is 66.8 Å². The molecule has 1 saturated carbocycles. The second-order valence-corrected chi connectivity index (χ2v) is 11.7. The van der Waals surface area contributed by atoms with Crippen molar-refractivity contribution in [1.29, 1.82) is 0 Å². The first-order chi connectivity index (χ1) is 17.7. The molecule has 5 nitrogen and oxygen atoms in total. The maximum Gasteiger partial charge on any atom is 0.337 e. The Balaban J connectivity index is 1.46. The fourth-order valence-corrected chi connectivity index (χ4v) is 7.54. The lowest BCUT2D eigenvalue weighted by atomic mass is 9.81. The van der Waals surface area contributed by atoms with Crippen LogP contribution in [0.2, 0.25) is 0 Å². The van der Waals surface area contributed by atoms with E-state index in [-0.39, 0.29) is 5.97 Å². The van der Waals surface area contributed by atoms with E-state index in [4.69, 9.17) is 4.74 Å². The van der Waals surface area contributed by atoms with Crippen molar-refractivity contribution >= 4 is 34.3 Å². The predicted molar refractivity (Wildman–Crippen MR) is 151 cm³/mol. The minimum absolute atomic E-state index is 0.262. The molecule has 6 heteroatoms. The molecule has 2 fully saturated rings. The standard InChI is InChI=1S/C30H37N3O2S/c1-35-30(34)23-11-12-24-27(21-23)33-16-15-32(14-13-31-17-19-36-20-18-31)26-10-6-5-9-25(26)29(33)28(24)22-7-3-2-4-8-22/h5-6,9-12,21-22H,2-4,7-8,13-20H2,1H3. The molecule has 0 unspecified atom stereocenters. The van der Waals surface area contributed by atoms with Crippen molar-refractivity contribution in [2.45, 2.75) is 44.6 Å². The molecule has 6 rings (SSSR count). The van der Waals surface area contributed by atoms with Crippen LogP contribution in [-0.2, 0) is 11.3 Å². The van der Waals surface area contributed by atoms with Crippen LogP contribution in [0.5, 0.6) is 0 Å². The summed E-state index contributed by atoms with van der Waals surface area (Å²) >= 11 is 2.07. The lowest BCUT2D eigenvalue weighted by Crippen LogP contribution is -2.40. The van der Waals surface area contributed by atoms with Gasteiger partial charge in [0.25, 0.3) is 0 Å². The molecule has 36 heavy (non-hydrogen) atoms. The van der Waals surface area contributed by atoms with Crippen molar-refractivity contribution in [1.82, 2.24) is 9.47 Å². The normalized spacial score (nSPS) is 19.1. The van der Waals surface area contributed by atoms with Crippen LogP contribution in [0.25, 0.3) is 22.2 Å². The van der Waals surface area contributed by atoms with E-state index >= 15 is 0 Å². The van der Waals surface area contributed by atoms with E-state index < -0.39 is 0 Å². The molecule has 0 spiro atoms. The van der Waals surface area contributed by atoms with E-state index in [9.17, 15) is 4.79 Å². The summed E-state index contributed by atoms with van der Waals surface area (Å²) in [6, 6.07) is 15.2. The highest BCUT2D eigenvalue weighted by atomic mass is 32.2. The van der Waals surface area contributed by atoms with Gasteiger partial charge >= 0.3 is 5.97 Å². The van der Waals surface area contributed by atoms with Crippen LogP contribution in [0, 0.1) is 0 Å². The lowest BCUT2D eigenvalue weighted by Gasteiger charge is -2.31. The van der Waals surface area contributed by atoms with Crippen LogP contribution in [0.3, 0.4) is 0 Å². The van der Waals surface area contributed by atoms with Crippen LogP contribution in [0.1, 0.15) is 53.9 Å². The summed E-state index contributed by atoms with van der Waals surface area (Å²) in [4.78, 5) is 17.7. The van der Waals surface area contributed by atoms with Gasteiger partial charge in [-0.3, -0.25) is 4.90 Å². The predicted octanol–water partition coefficient (Wildman–Crippen LogP) is 6.01. The molecular weight excluding hydrogens is 466 g/mol. The highest BCUT2D eigenvalue weighted by Crippen LogP contribution is 2.47. The molecule has 190 valence electrons. The fraction of sp³-hybridized carbons (Fsp3) is 0.500. The Bertz CT molecular complexity index is 1240. The molecule has 3 heterocycles. The minimum Gasteiger partial charge on any atom is -0.465 e. The number of benzene rings is 2. The number of hydrogen-bond acceptors (Lipinski definition) is 5. The van der Waals surface area contributed by atoms with Gasteiger partial charge in [0.1, 0.15) is 0 Å². The monoisotopic (exact) mass is 503 g/mol. The quantitative estimate of drug-likeness (QED) is 0.399. The van der Waals surface area contributed by atoms with Crippen LogP contribution in [0.4, 0.5) is 5.69 Å². The molecule has 1 aliphatic carbocycles. The summed E-state index contributed by atoms with van der Waals surface area (Å²) in [5.41, 5.74) is 7.40. The number of ether oxygens (including phenoxy) is 1. The average Bonchev–Trinajstić information content (AvgIpc) is 3.17. The summed E-state index contributed by atoms with van der Waals surface area (Å²) in [6.45, 7) is 6.47. The number of methoxy groups -OCH3 is 1. The maximum atomic E-state index is 12.4. The number of carbonyl (C=O) groups excluding carboxylic acids is 1. The summed E-state index contributed by atoms with van der Waals surface area (Å²) in [6.07, 6.45) is 6.46. The van der Waals surface area contributed by atoms with Gasteiger partial charge in [0, 0.05) is 72.9 Å². The van der Waals surface area contributed by atoms with E-state index in [1.807, 2.05) is 6.07 Å². The van der Waals surface area contributed by atoms with Gasteiger partial charge in [-0.25, -0.2) is 4.79 Å². The van der Waals surface area contributed by atoms with Gasteiger partial charge in [-0.2, -0.15) is 11.8 Å². The Morgan fingerprint density at radius 2 is 1.78 bits per heavy atom. The van der Waals surface area contributed by atoms with Crippen molar-refractivity contribution in [3.63, 3.8) is 0 Å². The molecule has 2 aliphatic heterocycles. The second kappa shape index (κ2) is 10.5. The highest BCUT2D eigenvalue weighted by Gasteiger charge is 2.30. The van der Waals surface area contributed by atoms with Gasteiger partial charge in [0.05, 0.1) is 18.4 Å². The minimum atomic E-state index is -0.262. The molecule has 2 aromatic carbocycles. The third-order valence-electron chi connectivity index (χ3n) is 8.42. The van der Waals surface area contributed by atoms with Crippen LogP contribution < -0.4 is 4.90 Å². The molecule has 3 aliphatic rings. The number of para-hydroxylation sites is 1. The summed E-state index contributed by atoms with van der Waals surface area (Å²) in [5.74, 6) is 2.82. The number of thioether (sulfide) groups is 1. The zero-order chi connectivity index (χ0) is 24.5. The smallest absolute Gasteiger partial charge is 0.337 e. The first-order valence-corrected chi connectivity index (χ1v) is 14.8. The molecule has 0 N–H and O–H groups in total. The van der Waals surface area contributed by atoms with Crippen molar-refractivity contribution in [2.24, 2.45) is 0 Å². The Morgan fingerprint density at radius 1 is 0.972 bits per heavy atom. The number of hydrogen-bond donors (Lipinski definition) is 0. The van der Waals surface area contributed by atoms with E-state index in [0.717, 1.165) is 26.2 Å². The van der Waals surface area contributed by atoms with Gasteiger partial charge in [-0.1, -0.05) is 43.5 Å². The van der Waals surface area contributed by atoms with Crippen LogP contribution >= 0.6 is 11.8 Å². The number of rotatable bonds is 5. The largest absolute Gasteiger partial charge is 0.465 e. The van der Waals surface area contributed by atoms with Crippen molar-refractivity contribution < 1.29 is 9.53 Å². The van der Waals surface area contributed by atoms with E-state index in [1.165, 1.54) is 97.2 Å². The first kappa shape index (κ1) is 23.9. The topological polar surface area (TPSA) is 37.7 Å². The Kier molecular flexibility index (Phi) is 6.98. The number of anilines is 1. The number of carbonyl (C=O) groups is 1. The van der Waals surface area contributed by atoms with Gasteiger partial charge in [0.2, 0.25) is 0 Å². The second-order valence-electron chi connectivity index (χ2n) is 10.4. The third kappa shape index (κ3) is 4.43. The zero-order valence-electron chi connectivity index (χ0n) is 21.4. The SMILES string of the molecule is COC(=O)c1ccc2c(C3CCCCC3)c3n(c2c1)CCN(CCN1CCSCC1)c1ccccc1-3. The lowest BCUT2D eigenvalue weighted by molar-refractivity contribution is 0.0601. The molecule has 1 aromatic heterocycles. The molecule has 0 radical (unpaired) electrons. The fourth-order valence-electron chi connectivity index (χ4n) is 6.56. The summed E-state index contributed by atoms with van der Waals surface area (Å²) < 4.78 is 7.59. The number of esters is 1. The molecule has 0 atom stereocenters. The third-order valence-corrected chi connectivity index (χ3v) is 9.36. The van der Waals surface area contributed by atoms with Crippen molar-refractivity contribution in [3.05, 3.63) is 53.6 Å². The van der Waals surface area contributed by atoms with Crippen molar-refractivity contribution in [3.8, 4) is 11.3 Å². The van der Waals surface area contributed by atoms with Gasteiger partial charge in [-0.15, -0.1) is 0 Å². The number of aromatic nitrogens is 1. The van der Waals surface area contributed by atoms with Gasteiger partial charge < -0.3 is 14.2 Å². The Morgan fingerprint density at radius 3 is 2.58 bits per heavy atom. The number of nitrogens with zero attached hydrogens (tertiary/aromatic N) is 3. The Hall–Kier alpha value is -2.44. The van der Waals surface area contributed by atoms with E-state index in [0.29, 0.717) is 11.5 Å². The van der Waals surface area contributed by atoms with Gasteiger partial charge in [-0.05, 0) is 42.5 Å². The van der Waals surface area contributed by atoms with Crippen LogP contribution in [0.15, 0.2) is 42.5 Å². The molecule has 0 amide bonds. The summed E-state index contributed by atoms with van der Waals surface area (Å²) in [5, 5.41) is 1.32. The summed E-state index contributed by atoms with van der Waals surface area (Å²) in [7, 11) is 1.47. The van der Waals surface area contributed by atoms with Gasteiger partial charge in [0.15, 0.2) is 0 Å². The maximum absolute atomic E-state index is 12.4. The number of fused-ring (bicyclic) bond motifs is 5. The Labute approximate surface area is 218 Å². The molecule has 1 saturated heterocycles.